The number of rotatable bonds is 4. The van der Waals surface area contributed by atoms with Crippen molar-refractivity contribution in [3.05, 3.63) is 34.9 Å². The zero-order valence-corrected chi connectivity index (χ0v) is 13.1. The SMILES string of the molecule is CC(C)NC(=O)NC(=O)Cn1nc(-c2ccccn2)n(C)c1=O. The number of hydrogen-bond acceptors (Lipinski definition) is 5. The molecule has 0 aliphatic carbocycles. The third kappa shape index (κ3) is 4.02. The Bertz CT molecular complexity index is 763. The minimum atomic E-state index is -0.629. The van der Waals surface area contributed by atoms with Crippen molar-refractivity contribution in [2.75, 3.05) is 0 Å². The predicted octanol–water partition coefficient (Wildman–Crippen LogP) is -0.122. The van der Waals surface area contributed by atoms with Crippen LogP contribution in [0.15, 0.2) is 29.2 Å². The number of pyridine rings is 1. The summed E-state index contributed by atoms with van der Waals surface area (Å²) in [7, 11) is 1.54. The van der Waals surface area contributed by atoms with Gasteiger partial charge in [-0.2, -0.15) is 0 Å². The highest BCUT2D eigenvalue weighted by atomic mass is 16.2. The van der Waals surface area contributed by atoms with Crippen molar-refractivity contribution in [3.8, 4) is 11.5 Å². The Hall–Kier alpha value is -2.97. The largest absolute Gasteiger partial charge is 0.346 e. The molecule has 2 heterocycles. The minimum Gasteiger partial charge on any atom is -0.336 e. The molecule has 0 aliphatic heterocycles. The van der Waals surface area contributed by atoms with Crippen LogP contribution in [0, 0.1) is 0 Å². The van der Waals surface area contributed by atoms with Gasteiger partial charge >= 0.3 is 11.7 Å². The van der Waals surface area contributed by atoms with Crippen molar-refractivity contribution >= 4 is 11.9 Å². The van der Waals surface area contributed by atoms with Crippen LogP contribution >= 0.6 is 0 Å². The number of nitrogens with zero attached hydrogens (tertiary/aromatic N) is 4. The highest BCUT2D eigenvalue weighted by Gasteiger charge is 2.16. The Kier molecular flexibility index (Phi) is 4.89. The molecule has 0 aliphatic rings. The lowest BCUT2D eigenvalue weighted by molar-refractivity contribution is -0.120. The number of imide groups is 1. The van der Waals surface area contributed by atoms with Crippen LogP contribution in [-0.2, 0) is 18.4 Å². The Morgan fingerprint density at radius 1 is 1.30 bits per heavy atom. The topological polar surface area (TPSA) is 111 Å². The van der Waals surface area contributed by atoms with Gasteiger partial charge in [-0.25, -0.2) is 14.3 Å². The average Bonchev–Trinajstić information content (AvgIpc) is 2.75. The maximum Gasteiger partial charge on any atom is 0.346 e. The molecule has 0 spiro atoms. The van der Waals surface area contributed by atoms with Crippen LogP contribution in [0.3, 0.4) is 0 Å². The van der Waals surface area contributed by atoms with E-state index in [2.05, 4.69) is 20.7 Å². The first-order valence-corrected chi connectivity index (χ1v) is 7.04. The van der Waals surface area contributed by atoms with Gasteiger partial charge in [-0.15, -0.1) is 5.10 Å². The Balaban J connectivity index is 2.14. The summed E-state index contributed by atoms with van der Waals surface area (Å²) in [5.41, 5.74) is 0.0499. The van der Waals surface area contributed by atoms with E-state index in [4.69, 9.17) is 0 Å². The first-order valence-electron chi connectivity index (χ1n) is 7.04. The summed E-state index contributed by atoms with van der Waals surface area (Å²) in [4.78, 5) is 39.5. The maximum absolute atomic E-state index is 12.1. The van der Waals surface area contributed by atoms with Crippen LogP contribution in [0.1, 0.15) is 13.8 Å². The molecule has 0 radical (unpaired) electrons. The standard InChI is InChI=1S/C14H18N6O3/c1-9(2)16-13(22)17-11(21)8-20-14(23)19(3)12(18-20)10-6-4-5-7-15-10/h4-7,9H,8H2,1-3H3,(H2,16,17,21,22). The fourth-order valence-electron chi connectivity index (χ4n) is 1.91. The quantitative estimate of drug-likeness (QED) is 0.816. The third-order valence-corrected chi connectivity index (χ3v) is 2.90. The molecule has 122 valence electrons. The van der Waals surface area contributed by atoms with E-state index in [-0.39, 0.29) is 12.6 Å². The monoisotopic (exact) mass is 318 g/mol. The second kappa shape index (κ2) is 6.86. The van der Waals surface area contributed by atoms with Crippen LogP contribution in [0.2, 0.25) is 0 Å². The van der Waals surface area contributed by atoms with Crippen LogP contribution in [0.5, 0.6) is 0 Å². The van der Waals surface area contributed by atoms with E-state index in [9.17, 15) is 14.4 Å². The molecule has 0 aromatic carbocycles. The summed E-state index contributed by atoms with van der Waals surface area (Å²) in [6.45, 7) is 3.18. The maximum atomic E-state index is 12.1. The van der Waals surface area contributed by atoms with Crippen molar-refractivity contribution in [2.45, 2.75) is 26.4 Å². The van der Waals surface area contributed by atoms with Gasteiger partial charge < -0.3 is 5.32 Å². The van der Waals surface area contributed by atoms with Gasteiger partial charge in [0.05, 0.1) is 0 Å². The summed E-state index contributed by atoms with van der Waals surface area (Å²) >= 11 is 0. The van der Waals surface area contributed by atoms with E-state index in [0.29, 0.717) is 11.5 Å². The first kappa shape index (κ1) is 16.4. The van der Waals surface area contributed by atoms with Gasteiger partial charge in [-0.05, 0) is 26.0 Å². The molecule has 23 heavy (non-hydrogen) atoms. The predicted molar refractivity (Wildman–Crippen MR) is 82.5 cm³/mol. The summed E-state index contributed by atoms with van der Waals surface area (Å²) in [5.74, 6) is -0.286. The molecule has 0 bridgehead atoms. The molecule has 2 aromatic heterocycles. The normalized spacial score (nSPS) is 10.6. The molecule has 0 atom stereocenters. The number of urea groups is 1. The second-order valence-electron chi connectivity index (χ2n) is 5.21. The molecule has 2 aromatic rings. The molecule has 0 saturated carbocycles. The van der Waals surface area contributed by atoms with Gasteiger partial charge in [0.2, 0.25) is 5.91 Å². The number of carbonyl (C=O) groups excluding carboxylic acids is 2. The van der Waals surface area contributed by atoms with Crippen LogP contribution in [-0.4, -0.2) is 37.3 Å². The van der Waals surface area contributed by atoms with E-state index in [1.807, 2.05) is 0 Å². The van der Waals surface area contributed by atoms with Gasteiger partial charge in [0.1, 0.15) is 12.2 Å². The summed E-state index contributed by atoms with van der Waals surface area (Å²) in [6, 6.07) is 4.52. The highest BCUT2D eigenvalue weighted by molar-refractivity contribution is 5.94. The minimum absolute atomic E-state index is 0.101. The lowest BCUT2D eigenvalue weighted by Crippen LogP contribution is -2.44. The van der Waals surface area contributed by atoms with Gasteiger partial charge in [0.15, 0.2) is 5.82 Å². The molecular formula is C14H18N6O3. The van der Waals surface area contributed by atoms with E-state index in [0.717, 1.165) is 4.68 Å². The molecular weight excluding hydrogens is 300 g/mol. The molecule has 0 unspecified atom stereocenters. The fourth-order valence-corrected chi connectivity index (χ4v) is 1.91. The van der Waals surface area contributed by atoms with E-state index in [1.54, 1.807) is 45.3 Å². The first-order chi connectivity index (χ1) is 10.9. The number of carbonyl (C=O) groups is 2. The molecule has 9 heteroatoms. The van der Waals surface area contributed by atoms with E-state index < -0.39 is 17.6 Å². The van der Waals surface area contributed by atoms with Crippen LogP contribution in [0.4, 0.5) is 4.79 Å². The lowest BCUT2D eigenvalue weighted by Gasteiger charge is -2.08. The molecule has 0 fully saturated rings. The van der Waals surface area contributed by atoms with Crippen molar-refractivity contribution in [1.82, 2.24) is 30.0 Å². The van der Waals surface area contributed by atoms with E-state index in [1.165, 1.54) is 4.57 Å². The van der Waals surface area contributed by atoms with Crippen molar-refractivity contribution < 1.29 is 9.59 Å². The lowest BCUT2D eigenvalue weighted by atomic mass is 10.3. The highest BCUT2D eigenvalue weighted by Crippen LogP contribution is 2.10. The molecule has 9 nitrogen and oxygen atoms in total. The number of amides is 3. The molecule has 2 rings (SSSR count). The zero-order chi connectivity index (χ0) is 17.0. The van der Waals surface area contributed by atoms with Crippen molar-refractivity contribution in [1.29, 1.82) is 0 Å². The molecule has 2 N–H and O–H groups in total. The average molecular weight is 318 g/mol. The Morgan fingerprint density at radius 3 is 2.65 bits per heavy atom. The zero-order valence-electron chi connectivity index (χ0n) is 13.1. The van der Waals surface area contributed by atoms with Crippen LogP contribution < -0.4 is 16.3 Å². The summed E-state index contributed by atoms with van der Waals surface area (Å²) in [6.07, 6.45) is 1.59. The van der Waals surface area contributed by atoms with Gasteiger partial charge in [0, 0.05) is 19.3 Å². The smallest absolute Gasteiger partial charge is 0.336 e. The number of hydrogen-bond donors (Lipinski definition) is 2. The van der Waals surface area contributed by atoms with E-state index >= 15 is 0 Å². The third-order valence-electron chi connectivity index (χ3n) is 2.90. The summed E-state index contributed by atoms with van der Waals surface area (Å²) < 4.78 is 2.28. The fraction of sp³-hybridized carbons (Fsp3) is 0.357. The molecule has 3 amide bonds. The van der Waals surface area contributed by atoms with Gasteiger partial charge in [-0.1, -0.05) is 6.07 Å². The molecule has 0 saturated heterocycles. The van der Waals surface area contributed by atoms with Gasteiger partial charge in [-0.3, -0.25) is 19.7 Å². The number of nitrogens with one attached hydrogen (secondary N) is 2. The van der Waals surface area contributed by atoms with Crippen molar-refractivity contribution in [2.24, 2.45) is 7.05 Å². The Morgan fingerprint density at radius 2 is 2.04 bits per heavy atom. The second-order valence-corrected chi connectivity index (χ2v) is 5.21. The van der Waals surface area contributed by atoms with Gasteiger partial charge in [0.25, 0.3) is 0 Å². The van der Waals surface area contributed by atoms with Crippen LogP contribution in [0.25, 0.3) is 11.5 Å². The van der Waals surface area contributed by atoms with Crippen molar-refractivity contribution in [3.63, 3.8) is 0 Å². The Labute approximate surface area is 132 Å². The number of aromatic nitrogens is 4. The summed E-state index contributed by atoms with van der Waals surface area (Å²) in [5, 5.41) is 8.76.